The monoisotopic (exact) mass is 1210 g/mol. The Morgan fingerprint density at radius 1 is 0.733 bits per heavy atom. The molecule has 0 bridgehead atoms. The molecule has 0 saturated carbocycles. The van der Waals surface area contributed by atoms with Crippen LogP contribution in [0.5, 0.6) is 0 Å². The molecule has 0 aromatic heterocycles. The van der Waals surface area contributed by atoms with E-state index in [1.807, 2.05) is 46.7 Å². The maximum atomic E-state index is 14.9. The zero-order valence-electron chi connectivity index (χ0n) is 54.0. The molecule has 1 amide bonds. The fourth-order valence-electron chi connectivity index (χ4n) is 15.2. The first-order valence-corrected chi connectivity index (χ1v) is 34.5. The number of esters is 1. The van der Waals surface area contributed by atoms with Crippen molar-refractivity contribution in [2.75, 3.05) is 33.9 Å². The molecular formula is C71H107N2O12P. The van der Waals surface area contributed by atoms with Gasteiger partial charge in [-0.05, 0) is 86.7 Å². The molecule has 3 saturated heterocycles. The summed E-state index contributed by atoms with van der Waals surface area (Å²) in [5, 5.41) is 65.4. The molecule has 1 unspecified atom stereocenters. The van der Waals surface area contributed by atoms with Gasteiger partial charge in [0, 0.05) is 25.5 Å². The Labute approximate surface area is 515 Å². The van der Waals surface area contributed by atoms with Crippen LogP contribution in [0.4, 0.5) is 0 Å². The van der Waals surface area contributed by atoms with Crippen LogP contribution < -0.4 is 15.9 Å². The smallest absolute Gasteiger partial charge is 0.388 e. The fraction of sp³-hybridized carbons (Fsp3) is 0.634. The van der Waals surface area contributed by atoms with Crippen LogP contribution in [0.2, 0.25) is 0 Å². The number of nitrogens with zero attached hydrogens (tertiary/aromatic N) is 2. The number of rotatable bonds is 20. The number of aliphatic hydroxyl groups is 5. The Kier molecular flexibility index (Phi) is 24.6. The molecule has 3 aliphatic rings. The first-order chi connectivity index (χ1) is 40.8. The van der Waals surface area contributed by atoms with Gasteiger partial charge in [0.05, 0.1) is 41.5 Å². The van der Waals surface area contributed by atoms with E-state index in [0.29, 0.717) is 12.8 Å². The van der Waals surface area contributed by atoms with Crippen molar-refractivity contribution < 1.29 is 58.8 Å². The second-order valence-corrected chi connectivity index (χ2v) is 30.9. The molecular weight excluding hydrogens is 1100 g/mol. The second-order valence-electron chi connectivity index (χ2n) is 26.9. The zero-order chi connectivity index (χ0) is 62.7. The van der Waals surface area contributed by atoms with Gasteiger partial charge in [0.15, 0.2) is 6.29 Å². The van der Waals surface area contributed by atoms with E-state index in [1.165, 1.54) is 41.1 Å². The molecule has 3 aliphatic heterocycles. The van der Waals surface area contributed by atoms with Gasteiger partial charge in [0.25, 0.3) is 0 Å². The quantitative estimate of drug-likeness (QED) is 0.0320. The molecule has 3 fully saturated rings. The minimum atomic E-state index is -2.53. The van der Waals surface area contributed by atoms with Gasteiger partial charge in [-0.25, -0.2) is 0 Å². The number of amides is 1. The normalized spacial score (nSPS) is 34.7. The van der Waals surface area contributed by atoms with Crippen LogP contribution in [-0.4, -0.2) is 165 Å². The summed E-state index contributed by atoms with van der Waals surface area (Å²) in [5.41, 5.74) is -2.24. The molecule has 14 nitrogen and oxygen atoms in total. The van der Waals surface area contributed by atoms with Gasteiger partial charge >= 0.3 is 241 Å². The Bertz CT molecular complexity index is 2680. The third kappa shape index (κ3) is 15.9. The number of benzene rings is 4. The predicted octanol–water partition coefficient (Wildman–Crippen LogP) is 9.59. The van der Waals surface area contributed by atoms with Crippen LogP contribution in [0.25, 0.3) is 11.1 Å². The van der Waals surface area contributed by atoms with E-state index in [1.54, 1.807) is 39.5 Å². The van der Waals surface area contributed by atoms with Crippen molar-refractivity contribution in [2.45, 2.75) is 230 Å². The van der Waals surface area contributed by atoms with Crippen LogP contribution in [0.15, 0.2) is 115 Å². The molecule has 7 rings (SSSR count). The van der Waals surface area contributed by atoms with Crippen molar-refractivity contribution in [3.05, 3.63) is 115 Å². The number of cyclic esters (lactones) is 1. The fourth-order valence-corrected chi connectivity index (χ4v) is 20.3. The topological polar surface area (TPSA) is 188 Å². The maximum absolute atomic E-state index is 14.9. The Morgan fingerprint density at radius 3 is 1.87 bits per heavy atom. The summed E-state index contributed by atoms with van der Waals surface area (Å²) in [4.78, 5) is 33.3. The van der Waals surface area contributed by atoms with Gasteiger partial charge in [-0.1, -0.05) is 27.7 Å². The van der Waals surface area contributed by atoms with Gasteiger partial charge in [-0.3, -0.25) is 4.79 Å². The molecule has 478 valence electrons. The molecule has 4 aromatic carbocycles. The number of hydrogen-bond donors (Lipinski definition) is 5. The summed E-state index contributed by atoms with van der Waals surface area (Å²) >= 11 is 0. The number of aliphatic hydroxyl groups excluding tert-OH is 3. The van der Waals surface area contributed by atoms with Crippen molar-refractivity contribution in [1.29, 1.82) is 0 Å². The van der Waals surface area contributed by atoms with Crippen LogP contribution in [0, 0.1) is 23.7 Å². The SMILES string of the molecule is CC[C@H]1OC(=O)[C@H](C)[C@@H](C2C[C@@](C)(OC)[C@@H](O)[C@H](C)O2)[C@H](C)[C@@H](O[C@@H]2O[C@H](C)C[C@H](N(C)C)[C@H]2O)[C@](C)(O)C[C@@H](C)CN(C(=O)CCCCCCCCC[PH](c2ccccc2)(c2ccccc2)c2ccccc2-c2ccccc2)[C@H](C)[C@@H](O)[C@]1(C)O. The average Bonchev–Trinajstić information content (AvgIpc) is 0.963. The minimum absolute atomic E-state index is 0.0971. The summed E-state index contributed by atoms with van der Waals surface area (Å²) in [6.07, 6.45) is 0.125. The molecule has 18 atom stereocenters. The van der Waals surface area contributed by atoms with Crippen LogP contribution in [0.3, 0.4) is 0 Å². The van der Waals surface area contributed by atoms with E-state index in [-0.39, 0.29) is 50.3 Å². The molecule has 0 spiro atoms. The molecule has 3 heterocycles. The Hall–Kier alpha value is -4.15. The first kappa shape index (κ1) is 69.3. The van der Waals surface area contributed by atoms with Crippen molar-refractivity contribution in [1.82, 2.24) is 9.80 Å². The van der Waals surface area contributed by atoms with Gasteiger partial charge in [-0.15, -0.1) is 0 Å². The van der Waals surface area contributed by atoms with Crippen LogP contribution >= 0.6 is 7.26 Å². The summed E-state index contributed by atoms with van der Waals surface area (Å²) < 4.78 is 32.3. The predicted molar refractivity (Wildman–Crippen MR) is 346 cm³/mol. The van der Waals surface area contributed by atoms with Crippen LogP contribution in [-0.2, 0) is 33.3 Å². The molecule has 4 aromatic rings. The third-order valence-electron chi connectivity index (χ3n) is 20.0. The molecule has 0 radical (unpaired) electrons. The number of hydrogen-bond acceptors (Lipinski definition) is 13. The number of methoxy groups -OCH3 is 1. The first-order valence-electron chi connectivity index (χ1n) is 32.3. The van der Waals surface area contributed by atoms with Gasteiger partial charge in [-0.2, -0.15) is 0 Å². The Balaban J connectivity index is 1.09. The number of carbonyl (C=O) groups is 2. The van der Waals surface area contributed by atoms with Gasteiger partial charge in [0.1, 0.15) is 30.0 Å². The molecule has 86 heavy (non-hydrogen) atoms. The van der Waals surface area contributed by atoms with Gasteiger partial charge < -0.3 is 54.1 Å². The van der Waals surface area contributed by atoms with Crippen molar-refractivity contribution in [3.8, 4) is 11.1 Å². The van der Waals surface area contributed by atoms with E-state index >= 15 is 0 Å². The van der Waals surface area contributed by atoms with E-state index < -0.39 is 109 Å². The molecule has 0 aliphatic carbocycles. The average molecular weight is 1210 g/mol. The summed E-state index contributed by atoms with van der Waals surface area (Å²) in [6.45, 7) is 17.9. The number of likely N-dealkylation sites (N-methyl/N-ethyl adjacent to an activating group) is 1. The zero-order valence-corrected chi connectivity index (χ0v) is 55.0. The summed E-state index contributed by atoms with van der Waals surface area (Å²) in [7, 11) is 2.80. The standard InChI is InChI=1S/C71H107N2O12P/c1-14-60-71(10,80)64(76)51(6)73(61(74)41-29-18-16-15-17-19-32-42-86(54-35-25-21-26-36-54,55-37-27-22-28-38-55)59-40-31-30-39-56(59)53-33-23-20-24-34-53)46-47(2)44-69(8,79)66(85-68-63(75)57(72(11)12)43-48(3)82-68)49(4)62(50(5)67(78)84-60)58-45-70(9,81-13)65(77)52(7)83-58/h20-28,30-31,33-40,47-52,57-58,60,62-66,68,75-77,79-80,86H,14-19,29,32,41-46H2,1-13H3/t47-,48-,49+,50-,51-,52+,57+,58?,60-,62+,63-,64-,65+,66-,68+,69-,70-,71-/m1/s1. The van der Waals surface area contributed by atoms with E-state index in [9.17, 15) is 35.1 Å². The second kappa shape index (κ2) is 30.6. The number of ether oxygens (including phenoxy) is 5. The van der Waals surface area contributed by atoms with Crippen LogP contribution in [0.1, 0.15) is 146 Å². The van der Waals surface area contributed by atoms with Crippen molar-refractivity contribution >= 4 is 35.1 Å². The molecule has 15 heteroatoms. The van der Waals surface area contributed by atoms with Crippen molar-refractivity contribution in [2.24, 2.45) is 23.7 Å². The van der Waals surface area contributed by atoms with Gasteiger partial charge in [0.2, 0.25) is 0 Å². The van der Waals surface area contributed by atoms with E-state index in [2.05, 4.69) is 115 Å². The Morgan fingerprint density at radius 2 is 1.29 bits per heavy atom. The third-order valence-corrected chi connectivity index (χ3v) is 25.1. The molecule has 5 N–H and O–H groups in total. The number of carbonyl (C=O) groups excluding carboxylic acids is 2. The van der Waals surface area contributed by atoms with E-state index in [4.69, 9.17) is 23.7 Å². The summed E-state index contributed by atoms with van der Waals surface area (Å²) in [6, 6.07) is 40.8. The number of unbranched alkanes of at least 4 members (excludes halogenated alkanes) is 6. The minimum Gasteiger partial charge on any atom is -0.388 e. The van der Waals surface area contributed by atoms with Crippen molar-refractivity contribution in [3.63, 3.8) is 0 Å². The summed E-state index contributed by atoms with van der Waals surface area (Å²) in [5.74, 6) is -3.68. The van der Waals surface area contributed by atoms with E-state index in [0.717, 1.165) is 44.7 Å².